The number of thiophene rings is 1. The predicted molar refractivity (Wildman–Crippen MR) is 52.4 cm³/mol. The van der Waals surface area contributed by atoms with Crippen LogP contribution >= 0.6 is 27.3 Å². The van der Waals surface area contributed by atoms with Gasteiger partial charge in [-0.15, -0.1) is 0 Å². The van der Waals surface area contributed by atoms with Gasteiger partial charge in [0, 0.05) is 0 Å². The zero-order chi connectivity index (χ0) is 8.10. The molecule has 0 bridgehead atoms. The monoisotopic (exact) mass is 234 g/mol. The number of halogens is 1. The highest BCUT2D eigenvalue weighted by Gasteiger charge is 1.96. The van der Waals surface area contributed by atoms with Gasteiger partial charge in [0.25, 0.3) is 0 Å². The second-order valence-corrected chi connectivity index (χ2v) is 4.69. The van der Waals surface area contributed by atoms with E-state index in [-0.39, 0.29) is 0 Å². The highest BCUT2D eigenvalue weighted by Crippen LogP contribution is 2.28. The van der Waals surface area contributed by atoms with Crippen LogP contribution in [0.5, 0.6) is 5.06 Å². The van der Waals surface area contributed by atoms with Crippen molar-refractivity contribution in [1.29, 1.82) is 0 Å². The second-order valence-electron chi connectivity index (χ2n) is 2.26. The van der Waals surface area contributed by atoms with E-state index in [9.17, 15) is 0 Å². The van der Waals surface area contributed by atoms with E-state index < -0.39 is 0 Å². The van der Waals surface area contributed by atoms with Gasteiger partial charge in [0.1, 0.15) is 0 Å². The average molecular weight is 235 g/mol. The molecule has 1 rings (SSSR count). The molecule has 0 aliphatic rings. The molecule has 0 spiro atoms. The largest absolute Gasteiger partial charge is 0.484 e. The molecule has 1 nitrogen and oxygen atoms in total. The van der Waals surface area contributed by atoms with Gasteiger partial charge in [-0.2, -0.15) is 0 Å². The molecule has 0 aliphatic carbocycles. The number of rotatable bonds is 4. The summed E-state index contributed by atoms with van der Waals surface area (Å²) >= 11 is 5.01. The minimum atomic E-state index is 0.837. The van der Waals surface area contributed by atoms with Crippen molar-refractivity contribution in [2.45, 2.75) is 19.8 Å². The minimum Gasteiger partial charge on any atom is -0.484 e. The lowest BCUT2D eigenvalue weighted by atomic mass is 10.4. The summed E-state index contributed by atoms with van der Waals surface area (Å²) in [5.41, 5.74) is 0. The molecule has 0 aromatic carbocycles. The molecule has 1 aromatic rings. The first-order chi connectivity index (χ1) is 5.33. The molecule has 0 atom stereocenters. The van der Waals surface area contributed by atoms with Crippen LogP contribution in [0.3, 0.4) is 0 Å². The highest BCUT2D eigenvalue weighted by atomic mass is 79.9. The Morgan fingerprint density at radius 3 is 2.91 bits per heavy atom. The Morgan fingerprint density at radius 2 is 2.36 bits per heavy atom. The summed E-state index contributed by atoms with van der Waals surface area (Å²) in [6.07, 6.45) is 2.32. The van der Waals surface area contributed by atoms with Crippen LogP contribution in [0.2, 0.25) is 0 Å². The molecule has 3 heteroatoms. The van der Waals surface area contributed by atoms with Gasteiger partial charge in [0.05, 0.1) is 10.4 Å². The Bertz CT molecular complexity index is 210. The molecule has 0 N–H and O–H groups in total. The standard InChI is InChI=1S/C8H11BrOS/c1-2-3-6-10-8-5-4-7(9)11-8/h4-5H,2-3,6H2,1H3. The quantitative estimate of drug-likeness (QED) is 0.723. The number of ether oxygens (including phenoxy) is 1. The number of hydrogen-bond donors (Lipinski definition) is 0. The van der Waals surface area contributed by atoms with E-state index >= 15 is 0 Å². The first kappa shape index (κ1) is 9.07. The van der Waals surface area contributed by atoms with E-state index in [1.54, 1.807) is 11.3 Å². The highest BCUT2D eigenvalue weighted by molar-refractivity contribution is 9.11. The topological polar surface area (TPSA) is 9.23 Å². The molecule has 0 fully saturated rings. The minimum absolute atomic E-state index is 0.837. The van der Waals surface area contributed by atoms with E-state index in [0.29, 0.717) is 0 Å². The van der Waals surface area contributed by atoms with Crippen molar-refractivity contribution in [2.24, 2.45) is 0 Å². The molecule has 62 valence electrons. The molecule has 0 saturated heterocycles. The Labute approximate surface area is 79.5 Å². The summed E-state index contributed by atoms with van der Waals surface area (Å²) in [7, 11) is 0. The molecule has 0 radical (unpaired) electrons. The van der Waals surface area contributed by atoms with Crippen molar-refractivity contribution in [3.05, 3.63) is 15.9 Å². The summed E-state index contributed by atoms with van der Waals surface area (Å²) < 4.78 is 6.58. The van der Waals surface area contributed by atoms with Crippen molar-refractivity contribution < 1.29 is 4.74 Å². The zero-order valence-corrected chi connectivity index (χ0v) is 8.87. The normalized spacial score (nSPS) is 10.0. The van der Waals surface area contributed by atoms with Crippen LogP contribution in [-0.4, -0.2) is 6.61 Å². The Kier molecular flexibility index (Phi) is 3.94. The molecule has 0 amide bonds. The van der Waals surface area contributed by atoms with Gasteiger partial charge in [-0.1, -0.05) is 24.7 Å². The summed E-state index contributed by atoms with van der Waals surface area (Å²) in [6, 6.07) is 4.00. The molecule has 0 aliphatic heterocycles. The van der Waals surface area contributed by atoms with Crippen molar-refractivity contribution >= 4 is 27.3 Å². The predicted octanol–water partition coefficient (Wildman–Crippen LogP) is 3.69. The van der Waals surface area contributed by atoms with Crippen LogP contribution in [-0.2, 0) is 0 Å². The number of unbranched alkanes of at least 4 members (excludes halogenated alkanes) is 1. The maximum Gasteiger partial charge on any atom is 0.174 e. The van der Waals surface area contributed by atoms with Crippen LogP contribution in [0.15, 0.2) is 15.9 Å². The number of hydrogen-bond acceptors (Lipinski definition) is 2. The van der Waals surface area contributed by atoms with Gasteiger partial charge in [-0.05, 0) is 34.5 Å². The molecule has 11 heavy (non-hydrogen) atoms. The van der Waals surface area contributed by atoms with Gasteiger partial charge in [-0.25, -0.2) is 0 Å². The smallest absolute Gasteiger partial charge is 0.174 e. The third-order valence-electron chi connectivity index (χ3n) is 1.29. The summed E-state index contributed by atoms with van der Waals surface area (Å²) in [6.45, 7) is 3.00. The van der Waals surface area contributed by atoms with E-state index in [1.165, 1.54) is 6.42 Å². The summed E-state index contributed by atoms with van der Waals surface area (Å²) in [5, 5.41) is 1.00. The summed E-state index contributed by atoms with van der Waals surface area (Å²) in [5.74, 6) is 0. The lowest BCUT2D eigenvalue weighted by Crippen LogP contribution is -1.93. The molecular formula is C8H11BrOS. The maximum atomic E-state index is 5.46. The fourth-order valence-electron chi connectivity index (χ4n) is 0.692. The van der Waals surface area contributed by atoms with Gasteiger partial charge in [0.2, 0.25) is 0 Å². The van der Waals surface area contributed by atoms with E-state index in [4.69, 9.17) is 4.74 Å². The van der Waals surface area contributed by atoms with Crippen LogP contribution in [0.25, 0.3) is 0 Å². The molecule has 1 aromatic heterocycles. The van der Waals surface area contributed by atoms with Gasteiger partial charge in [0.15, 0.2) is 5.06 Å². The average Bonchev–Trinajstić information content (AvgIpc) is 2.37. The molecular weight excluding hydrogens is 224 g/mol. The van der Waals surface area contributed by atoms with Gasteiger partial charge < -0.3 is 4.74 Å². The van der Waals surface area contributed by atoms with Crippen LogP contribution < -0.4 is 4.74 Å². The van der Waals surface area contributed by atoms with E-state index in [1.807, 2.05) is 12.1 Å². The zero-order valence-electron chi connectivity index (χ0n) is 6.47. The Hall–Kier alpha value is -0.0200. The second kappa shape index (κ2) is 4.78. The molecule has 1 heterocycles. The lowest BCUT2D eigenvalue weighted by molar-refractivity contribution is 0.318. The maximum absolute atomic E-state index is 5.46. The Morgan fingerprint density at radius 1 is 1.55 bits per heavy atom. The Balaban J connectivity index is 2.27. The SMILES string of the molecule is CCCCOc1ccc(Br)s1. The van der Waals surface area contributed by atoms with Gasteiger partial charge in [-0.3, -0.25) is 0 Å². The van der Waals surface area contributed by atoms with Crippen LogP contribution in [0.1, 0.15) is 19.8 Å². The van der Waals surface area contributed by atoms with E-state index in [0.717, 1.165) is 21.9 Å². The van der Waals surface area contributed by atoms with Crippen molar-refractivity contribution in [3.8, 4) is 5.06 Å². The third-order valence-corrected chi connectivity index (χ3v) is 2.83. The first-order valence-electron chi connectivity index (χ1n) is 3.71. The van der Waals surface area contributed by atoms with Gasteiger partial charge >= 0.3 is 0 Å². The van der Waals surface area contributed by atoms with Crippen LogP contribution in [0, 0.1) is 0 Å². The van der Waals surface area contributed by atoms with E-state index in [2.05, 4.69) is 22.9 Å². The fourth-order valence-corrected chi connectivity index (χ4v) is 1.91. The van der Waals surface area contributed by atoms with Crippen LogP contribution in [0.4, 0.5) is 0 Å². The summed E-state index contributed by atoms with van der Waals surface area (Å²) in [4.78, 5) is 0. The van der Waals surface area contributed by atoms with Crippen molar-refractivity contribution in [2.75, 3.05) is 6.61 Å². The van der Waals surface area contributed by atoms with Crippen molar-refractivity contribution in [1.82, 2.24) is 0 Å². The lowest BCUT2D eigenvalue weighted by Gasteiger charge is -1.99. The molecule has 0 unspecified atom stereocenters. The third kappa shape index (κ3) is 3.25. The first-order valence-corrected chi connectivity index (χ1v) is 5.32. The molecule has 0 saturated carbocycles. The van der Waals surface area contributed by atoms with Crippen molar-refractivity contribution in [3.63, 3.8) is 0 Å². The fraction of sp³-hybridized carbons (Fsp3) is 0.500.